The molecule has 0 fully saturated rings. The fraction of sp³-hybridized carbons (Fsp3) is 0.429. The minimum absolute atomic E-state index is 0.714. The molecule has 2 aromatic carbocycles. The Morgan fingerprint density at radius 3 is 2.58 bits per heavy atom. The Balaban J connectivity index is 1.89. The van der Waals surface area contributed by atoms with Gasteiger partial charge in [-0.25, -0.2) is 0 Å². The van der Waals surface area contributed by atoms with Crippen molar-refractivity contribution in [3.63, 3.8) is 0 Å². The molecule has 0 radical (unpaired) electrons. The van der Waals surface area contributed by atoms with Crippen LogP contribution < -0.4 is 15.4 Å². The van der Waals surface area contributed by atoms with Crippen molar-refractivity contribution in [3.8, 4) is 5.75 Å². The second-order valence-corrected chi connectivity index (χ2v) is 6.24. The summed E-state index contributed by atoms with van der Waals surface area (Å²) in [7, 11) is 0. The number of anilines is 2. The van der Waals surface area contributed by atoms with E-state index in [0.29, 0.717) is 6.61 Å². The molecule has 0 aromatic heterocycles. The quantitative estimate of drug-likeness (QED) is 0.671. The molecule has 0 heterocycles. The number of hydrogen-bond donors (Lipinski definition) is 1. The molecule has 3 nitrogen and oxygen atoms in total. The van der Waals surface area contributed by atoms with Gasteiger partial charge in [-0.3, -0.25) is 0 Å². The minimum Gasteiger partial charge on any atom is -0.491 e. The van der Waals surface area contributed by atoms with E-state index in [1.807, 2.05) is 12.1 Å². The lowest BCUT2D eigenvalue weighted by Gasteiger charge is -2.23. The van der Waals surface area contributed by atoms with E-state index in [-0.39, 0.29) is 0 Å². The molecular formula is C21H30N2O. The fourth-order valence-corrected chi connectivity index (χ4v) is 2.87. The Hall–Kier alpha value is -2.16. The molecule has 2 N–H and O–H groups in total. The molecular weight excluding hydrogens is 296 g/mol. The van der Waals surface area contributed by atoms with Crippen molar-refractivity contribution in [3.05, 3.63) is 53.6 Å². The van der Waals surface area contributed by atoms with Crippen LogP contribution in [-0.2, 0) is 6.42 Å². The van der Waals surface area contributed by atoms with Gasteiger partial charge in [0.15, 0.2) is 0 Å². The molecule has 3 heteroatoms. The third-order valence-electron chi connectivity index (χ3n) is 4.18. The van der Waals surface area contributed by atoms with Crippen molar-refractivity contribution in [1.29, 1.82) is 0 Å². The lowest BCUT2D eigenvalue weighted by Crippen LogP contribution is -2.24. The highest BCUT2D eigenvalue weighted by Gasteiger charge is 2.06. The second kappa shape index (κ2) is 9.21. The van der Waals surface area contributed by atoms with Crippen molar-refractivity contribution in [2.24, 2.45) is 0 Å². The first-order valence-electron chi connectivity index (χ1n) is 8.96. The molecule has 24 heavy (non-hydrogen) atoms. The van der Waals surface area contributed by atoms with Gasteiger partial charge in [0.25, 0.3) is 0 Å². The van der Waals surface area contributed by atoms with Gasteiger partial charge in [-0.15, -0.1) is 0 Å². The first-order chi connectivity index (χ1) is 11.6. The molecule has 0 spiro atoms. The van der Waals surface area contributed by atoms with Crippen LogP contribution in [-0.4, -0.2) is 19.7 Å². The summed E-state index contributed by atoms with van der Waals surface area (Å²) in [6, 6.07) is 14.9. The van der Waals surface area contributed by atoms with E-state index in [2.05, 4.69) is 56.0 Å². The van der Waals surface area contributed by atoms with Crippen LogP contribution in [0.2, 0.25) is 0 Å². The molecule has 2 aromatic rings. The molecule has 0 saturated heterocycles. The Labute approximate surface area is 146 Å². The van der Waals surface area contributed by atoms with Gasteiger partial charge in [-0.2, -0.15) is 0 Å². The second-order valence-electron chi connectivity index (χ2n) is 6.24. The van der Waals surface area contributed by atoms with Crippen molar-refractivity contribution in [1.82, 2.24) is 0 Å². The van der Waals surface area contributed by atoms with Crippen molar-refractivity contribution in [2.45, 2.75) is 40.0 Å². The standard InChI is InChI=1S/C21H30N2O/c1-4-14-24-21-12-11-18(16-20(21)22)9-7-13-23(5-2)19-10-6-8-17(3)15-19/h6,8,10-12,15-16H,4-5,7,9,13-14,22H2,1-3H3. The molecule has 0 unspecified atom stereocenters. The smallest absolute Gasteiger partial charge is 0.142 e. The fourth-order valence-electron chi connectivity index (χ4n) is 2.87. The maximum atomic E-state index is 6.09. The predicted octanol–water partition coefficient (Wildman–Crippen LogP) is 4.83. The number of nitrogens with zero attached hydrogens (tertiary/aromatic N) is 1. The lowest BCUT2D eigenvalue weighted by atomic mass is 10.1. The lowest BCUT2D eigenvalue weighted by molar-refractivity contribution is 0.319. The van der Waals surface area contributed by atoms with E-state index in [0.717, 1.165) is 43.8 Å². The van der Waals surface area contributed by atoms with Crippen molar-refractivity contribution in [2.75, 3.05) is 30.3 Å². The Kier molecular flexibility index (Phi) is 6.98. The molecule has 0 amide bonds. The summed E-state index contributed by atoms with van der Waals surface area (Å²) in [5, 5.41) is 0. The summed E-state index contributed by atoms with van der Waals surface area (Å²) >= 11 is 0. The Morgan fingerprint density at radius 2 is 1.92 bits per heavy atom. The van der Waals surface area contributed by atoms with E-state index in [4.69, 9.17) is 10.5 Å². The van der Waals surface area contributed by atoms with Crippen LogP contribution >= 0.6 is 0 Å². The van der Waals surface area contributed by atoms with Crippen LogP contribution in [0.15, 0.2) is 42.5 Å². The average Bonchev–Trinajstić information content (AvgIpc) is 2.58. The van der Waals surface area contributed by atoms with Crippen LogP contribution in [0, 0.1) is 6.92 Å². The van der Waals surface area contributed by atoms with E-state index >= 15 is 0 Å². The van der Waals surface area contributed by atoms with Gasteiger partial charge in [0.05, 0.1) is 12.3 Å². The Bertz CT molecular complexity index is 639. The zero-order valence-electron chi connectivity index (χ0n) is 15.2. The van der Waals surface area contributed by atoms with Gasteiger partial charge < -0.3 is 15.4 Å². The van der Waals surface area contributed by atoms with Gasteiger partial charge >= 0.3 is 0 Å². The number of ether oxygens (including phenoxy) is 1. The molecule has 0 aliphatic heterocycles. The predicted molar refractivity (Wildman–Crippen MR) is 104 cm³/mol. The molecule has 0 atom stereocenters. The zero-order chi connectivity index (χ0) is 17.4. The third-order valence-corrected chi connectivity index (χ3v) is 4.18. The SMILES string of the molecule is CCCOc1ccc(CCCN(CC)c2cccc(C)c2)cc1N. The van der Waals surface area contributed by atoms with Crippen molar-refractivity contribution >= 4 is 11.4 Å². The number of benzene rings is 2. The maximum absolute atomic E-state index is 6.09. The summed E-state index contributed by atoms with van der Waals surface area (Å²) in [4.78, 5) is 2.43. The first kappa shape index (κ1) is 18.2. The summed E-state index contributed by atoms with van der Waals surface area (Å²) < 4.78 is 5.64. The first-order valence-corrected chi connectivity index (χ1v) is 8.96. The largest absolute Gasteiger partial charge is 0.491 e. The number of aryl methyl sites for hydroxylation is 2. The van der Waals surface area contributed by atoms with Crippen LogP contribution in [0.1, 0.15) is 37.8 Å². The van der Waals surface area contributed by atoms with E-state index in [9.17, 15) is 0 Å². The van der Waals surface area contributed by atoms with Gasteiger partial charge in [-0.05, 0) is 68.5 Å². The summed E-state index contributed by atoms with van der Waals surface area (Å²) in [6.07, 6.45) is 3.13. The van der Waals surface area contributed by atoms with Gasteiger partial charge in [-0.1, -0.05) is 25.1 Å². The highest BCUT2D eigenvalue weighted by Crippen LogP contribution is 2.24. The summed E-state index contributed by atoms with van der Waals surface area (Å²) in [5.41, 5.74) is 10.7. The number of nitrogens with two attached hydrogens (primary N) is 1. The third kappa shape index (κ3) is 5.19. The van der Waals surface area contributed by atoms with Gasteiger partial charge in [0, 0.05) is 18.8 Å². The molecule has 130 valence electrons. The van der Waals surface area contributed by atoms with Crippen LogP contribution in [0.4, 0.5) is 11.4 Å². The monoisotopic (exact) mass is 326 g/mol. The van der Waals surface area contributed by atoms with E-state index in [1.54, 1.807) is 0 Å². The van der Waals surface area contributed by atoms with Crippen LogP contribution in [0.3, 0.4) is 0 Å². The highest BCUT2D eigenvalue weighted by atomic mass is 16.5. The normalized spacial score (nSPS) is 10.6. The maximum Gasteiger partial charge on any atom is 0.142 e. The Morgan fingerprint density at radius 1 is 1.08 bits per heavy atom. The zero-order valence-corrected chi connectivity index (χ0v) is 15.2. The molecule has 0 bridgehead atoms. The number of nitrogen functional groups attached to an aromatic ring is 1. The minimum atomic E-state index is 0.714. The molecule has 2 rings (SSSR count). The average molecular weight is 326 g/mol. The topological polar surface area (TPSA) is 38.5 Å². The van der Waals surface area contributed by atoms with E-state index in [1.165, 1.54) is 16.8 Å². The van der Waals surface area contributed by atoms with E-state index < -0.39 is 0 Å². The van der Waals surface area contributed by atoms with Gasteiger partial charge in [0.1, 0.15) is 5.75 Å². The number of hydrogen-bond acceptors (Lipinski definition) is 3. The number of rotatable bonds is 9. The molecule has 0 aliphatic rings. The van der Waals surface area contributed by atoms with Crippen LogP contribution in [0.5, 0.6) is 5.75 Å². The molecule has 0 saturated carbocycles. The van der Waals surface area contributed by atoms with Crippen molar-refractivity contribution < 1.29 is 4.74 Å². The summed E-state index contributed by atoms with van der Waals surface area (Å²) in [6.45, 7) is 9.23. The van der Waals surface area contributed by atoms with Gasteiger partial charge in [0.2, 0.25) is 0 Å². The van der Waals surface area contributed by atoms with Crippen LogP contribution in [0.25, 0.3) is 0 Å². The summed E-state index contributed by atoms with van der Waals surface area (Å²) in [5.74, 6) is 0.801. The highest BCUT2D eigenvalue weighted by molar-refractivity contribution is 5.54. The molecule has 0 aliphatic carbocycles.